The van der Waals surface area contributed by atoms with Crippen LogP contribution in [0.25, 0.3) is 0 Å². The van der Waals surface area contributed by atoms with Gasteiger partial charge in [-0.25, -0.2) is 4.39 Å². The summed E-state index contributed by atoms with van der Waals surface area (Å²) in [5, 5.41) is 9.84. The summed E-state index contributed by atoms with van der Waals surface area (Å²) in [7, 11) is 0. The van der Waals surface area contributed by atoms with Crippen LogP contribution in [0.3, 0.4) is 0 Å². The molecule has 1 N–H and O–H groups in total. The highest BCUT2D eigenvalue weighted by Gasteiger charge is 2.13. The molecule has 0 saturated carbocycles. The Kier molecular flexibility index (Phi) is 5.48. The van der Waals surface area contributed by atoms with Crippen molar-refractivity contribution in [1.82, 2.24) is 0 Å². The molecule has 0 amide bonds. The normalized spacial score (nSPS) is 10.5. The van der Waals surface area contributed by atoms with Crippen molar-refractivity contribution in [1.29, 1.82) is 0 Å². The zero-order valence-electron chi connectivity index (χ0n) is 10.1. The fraction of sp³-hybridized carbons (Fsp3) is 0.462. The molecule has 1 rings (SSSR count). The van der Waals surface area contributed by atoms with Gasteiger partial charge in [-0.05, 0) is 31.2 Å². The molecule has 0 bridgehead atoms. The number of halogens is 1. The molecule has 1 aromatic rings. The van der Waals surface area contributed by atoms with Crippen LogP contribution < -0.4 is 0 Å². The minimum atomic E-state index is -0.473. The van der Waals surface area contributed by atoms with Crippen molar-refractivity contribution in [3.05, 3.63) is 29.1 Å². The van der Waals surface area contributed by atoms with E-state index in [9.17, 15) is 14.3 Å². The Morgan fingerprint density at radius 2 is 2.18 bits per heavy atom. The van der Waals surface area contributed by atoms with E-state index in [0.29, 0.717) is 11.3 Å². The maximum atomic E-state index is 13.3. The Hall–Kier alpha value is -1.03. The van der Waals surface area contributed by atoms with Crippen LogP contribution in [0.5, 0.6) is 5.75 Å². The number of phenolic OH excluding ortho intramolecular Hbond substituents is 1. The second kappa shape index (κ2) is 6.64. The average molecular weight is 256 g/mol. The Labute approximate surface area is 105 Å². The second-order valence-electron chi connectivity index (χ2n) is 3.92. The number of unbranched alkanes of at least 4 members (excludes halogenated alkanes) is 1. The lowest BCUT2D eigenvalue weighted by molar-refractivity contribution is 0.101. The number of Topliss-reactive ketones (excluding diaryl/α,β-unsaturated/α-hetero) is 1. The van der Waals surface area contributed by atoms with E-state index in [4.69, 9.17) is 0 Å². The predicted molar refractivity (Wildman–Crippen MR) is 69.1 cm³/mol. The first kappa shape index (κ1) is 14.0. The van der Waals surface area contributed by atoms with E-state index in [-0.39, 0.29) is 17.1 Å². The van der Waals surface area contributed by atoms with Crippen molar-refractivity contribution in [2.24, 2.45) is 0 Å². The molecule has 4 heteroatoms. The molecule has 0 heterocycles. The monoisotopic (exact) mass is 256 g/mol. The molecular formula is C13H17FO2S. The van der Waals surface area contributed by atoms with Crippen LogP contribution in [-0.4, -0.2) is 16.6 Å². The smallest absolute Gasteiger partial charge is 0.163 e. The largest absolute Gasteiger partial charge is 0.507 e. The summed E-state index contributed by atoms with van der Waals surface area (Å²) in [6.45, 7) is 3.43. The van der Waals surface area contributed by atoms with Gasteiger partial charge in [0, 0.05) is 11.3 Å². The first-order chi connectivity index (χ1) is 8.06. The summed E-state index contributed by atoms with van der Waals surface area (Å²) < 4.78 is 13.3. The van der Waals surface area contributed by atoms with Crippen molar-refractivity contribution in [3.8, 4) is 5.75 Å². The summed E-state index contributed by atoms with van der Waals surface area (Å²) in [4.78, 5) is 11.2. The van der Waals surface area contributed by atoms with E-state index in [2.05, 4.69) is 6.92 Å². The van der Waals surface area contributed by atoms with Crippen molar-refractivity contribution < 1.29 is 14.3 Å². The minimum absolute atomic E-state index is 0.0658. The van der Waals surface area contributed by atoms with Crippen molar-refractivity contribution >= 4 is 17.5 Å². The SMILES string of the molecule is CCCCSCc1cc(F)cc(C(C)=O)c1O. The highest BCUT2D eigenvalue weighted by Crippen LogP contribution is 2.28. The molecule has 0 radical (unpaired) electrons. The number of ketones is 1. The van der Waals surface area contributed by atoms with Gasteiger partial charge in [0.2, 0.25) is 0 Å². The van der Waals surface area contributed by atoms with Crippen LogP contribution in [0.1, 0.15) is 42.6 Å². The average Bonchev–Trinajstić information content (AvgIpc) is 2.28. The van der Waals surface area contributed by atoms with E-state index in [1.807, 2.05) is 0 Å². The first-order valence-electron chi connectivity index (χ1n) is 5.66. The number of carbonyl (C=O) groups is 1. The van der Waals surface area contributed by atoms with Gasteiger partial charge in [0.1, 0.15) is 11.6 Å². The van der Waals surface area contributed by atoms with Gasteiger partial charge >= 0.3 is 0 Å². The molecule has 2 nitrogen and oxygen atoms in total. The molecule has 0 aromatic heterocycles. The minimum Gasteiger partial charge on any atom is -0.507 e. The van der Waals surface area contributed by atoms with E-state index >= 15 is 0 Å². The van der Waals surface area contributed by atoms with Crippen LogP contribution in [0.2, 0.25) is 0 Å². The summed E-state index contributed by atoms with van der Waals surface area (Å²) in [5.41, 5.74) is 0.562. The summed E-state index contributed by atoms with van der Waals surface area (Å²) >= 11 is 1.64. The number of phenols is 1. The number of benzene rings is 1. The summed E-state index contributed by atoms with van der Waals surface area (Å²) in [6.07, 6.45) is 2.21. The van der Waals surface area contributed by atoms with Crippen molar-refractivity contribution in [2.75, 3.05) is 5.75 Å². The van der Waals surface area contributed by atoms with Crippen LogP contribution >= 0.6 is 11.8 Å². The Morgan fingerprint density at radius 3 is 2.76 bits per heavy atom. The quantitative estimate of drug-likeness (QED) is 0.622. The summed E-state index contributed by atoms with van der Waals surface area (Å²) in [5.74, 6) is 0.634. The van der Waals surface area contributed by atoms with Gasteiger partial charge in [-0.2, -0.15) is 11.8 Å². The highest BCUT2D eigenvalue weighted by molar-refractivity contribution is 7.98. The highest BCUT2D eigenvalue weighted by atomic mass is 32.2. The lowest BCUT2D eigenvalue weighted by Crippen LogP contribution is -1.97. The van der Waals surface area contributed by atoms with E-state index in [0.717, 1.165) is 24.7 Å². The van der Waals surface area contributed by atoms with Crippen LogP contribution in [0.15, 0.2) is 12.1 Å². The third kappa shape index (κ3) is 4.04. The molecule has 0 spiro atoms. The fourth-order valence-corrected chi connectivity index (χ4v) is 2.54. The van der Waals surface area contributed by atoms with Gasteiger partial charge in [0.05, 0.1) is 5.56 Å². The zero-order valence-corrected chi connectivity index (χ0v) is 10.9. The third-order valence-electron chi connectivity index (χ3n) is 2.43. The Bertz CT molecular complexity index is 405. The molecular weight excluding hydrogens is 239 g/mol. The zero-order chi connectivity index (χ0) is 12.8. The number of rotatable bonds is 6. The molecule has 0 fully saturated rings. The topological polar surface area (TPSA) is 37.3 Å². The maximum absolute atomic E-state index is 13.3. The van der Waals surface area contributed by atoms with Gasteiger partial charge in [-0.15, -0.1) is 0 Å². The first-order valence-corrected chi connectivity index (χ1v) is 6.81. The third-order valence-corrected chi connectivity index (χ3v) is 3.53. The van der Waals surface area contributed by atoms with Crippen molar-refractivity contribution in [2.45, 2.75) is 32.4 Å². The lowest BCUT2D eigenvalue weighted by Gasteiger charge is -2.08. The van der Waals surface area contributed by atoms with E-state index < -0.39 is 5.82 Å². The lowest BCUT2D eigenvalue weighted by atomic mass is 10.1. The Morgan fingerprint density at radius 1 is 1.47 bits per heavy atom. The van der Waals surface area contributed by atoms with Gasteiger partial charge in [0.15, 0.2) is 5.78 Å². The van der Waals surface area contributed by atoms with Crippen molar-refractivity contribution in [3.63, 3.8) is 0 Å². The second-order valence-corrected chi connectivity index (χ2v) is 5.03. The summed E-state index contributed by atoms with van der Waals surface area (Å²) in [6, 6.07) is 2.37. The molecule has 1 aromatic carbocycles. The van der Waals surface area contributed by atoms with E-state index in [1.165, 1.54) is 13.0 Å². The molecule has 0 aliphatic heterocycles. The molecule has 0 unspecified atom stereocenters. The molecule has 0 aliphatic rings. The van der Waals surface area contributed by atoms with Crippen LogP contribution in [0.4, 0.5) is 4.39 Å². The molecule has 17 heavy (non-hydrogen) atoms. The predicted octanol–water partition coefficient (Wildman–Crippen LogP) is 3.77. The number of carbonyl (C=O) groups excluding carboxylic acids is 1. The van der Waals surface area contributed by atoms with Gasteiger partial charge < -0.3 is 5.11 Å². The van der Waals surface area contributed by atoms with Gasteiger partial charge in [-0.1, -0.05) is 13.3 Å². The fourth-order valence-electron chi connectivity index (χ4n) is 1.46. The number of thioether (sulfide) groups is 1. The molecule has 0 aliphatic carbocycles. The number of hydrogen-bond acceptors (Lipinski definition) is 3. The van der Waals surface area contributed by atoms with Gasteiger partial charge in [0.25, 0.3) is 0 Å². The number of hydrogen-bond donors (Lipinski definition) is 1. The van der Waals surface area contributed by atoms with E-state index in [1.54, 1.807) is 11.8 Å². The Balaban J connectivity index is 2.81. The van der Waals surface area contributed by atoms with Crippen LogP contribution in [0, 0.1) is 5.82 Å². The molecule has 0 atom stereocenters. The van der Waals surface area contributed by atoms with Gasteiger partial charge in [-0.3, -0.25) is 4.79 Å². The standard InChI is InChI=1S/C13H17FO2S/c1-3-4-5-17-8-10-6-11(14)7-12(9(2)15)13(10)16/h6-7,16H,3-5,8H2,1-2H3. The molecule has 94 valence electrons. The number of aromatic hydroxyl groups is 1. The molecule has 0 saturated heterocycles. The van der Waals surface area contributed by atoms with Crippen LogP contribution in [-0.2, 0) is 5.75 Å². The maximum Gasteiger partial charge on any atom is 0.163 e.